The molecule has 0 unspecified atom stereocenters. The Kier molecular flexibility index (Phi) is 7.55. The normalized spacial score (nSPS) is 10.6. The Morgan fingerprint density at radius 2 is 2.22 bits per heavy atom. The molecule has 2 N–H and O–H groups in total. The summed E-state index contributed by atoms with van der Waals surface area (Å²) in [5.74, 6) is 2.65. The molecule has 0 saturated heterocycles. The smallest absolute Gasteiger partial charge is 0.234 e. The van der Waals surface area contributed by atoms with Crippen molar-refractivity contribution in [2.45, 2.75) is 12.3 Å². The van der Waals surface area contributed by atoms with Crippen LogP contribution in [0.15, 0.2) is 16.5 Å². The van der Waals surface area contributed by atoms with Gasteiger partial charge < -0.3 is 19.8 Å². The number of hydrogen-bond donors (Lipinski definition) is 2. The van der Waals surface area contributed by atoms with Crippen LogP contribution < -0.4 is 10.6 Å². The molecular formula is C12H20N2O3S. The van der Waals surface area contributed by atoms with E-state index in [0.29, 0.717) is 19.7 Å². The molecule has 0 aliphatic carbocycles. The van der Waals surface area contributed by atoms with Crippen LogP contribution in [-0.4, -0.2) is 39.0 Å². The van der Waals surface area contributed by atoms with Crippen molar-refractivity contribution in [2.24, 2.45) is 0 Å². The first-order chi connectivity index (χ1) is 8.76. The maximum Gasteiger partial charge on any atom is 0.234 e. The van der Waals surface area contributed by atoms with Gasteiger partial charge in [-0.2, -0.15) is 11.8 Å². The van der Waals surface area contributed by atoms with Gasteiger partial charge in [-0.3, -0.25) is 4.79 Å². The van der Waals surface area contributed by atoms with Crippen LogP contribution in [0.1, 0.15) is 11.5 Å². The van der Waals surface area contributed by atoms with Gasteiger partial charge in [-0.05, 0) is 18.4 Å². The number of carbonyl (C=O) groups excluding carboxylic acids is 1. The molecule has 0 bridgehead atoms. The maximum absolute atomic E-state index is 11.4. The molecule has 0 atom stereocenters. The Hall–Kier alpha value is -0.980. The van der Waals surface area contributed by atoms with Crippen molar-refractivity contribution < 1.29 is 13.9 Å². The first-order valence-corrected chi connectivity index (χ1v) is 7.18. The number of nitrogens with one attached hydrogen (secondary N) is 2. The minimum Gasteiger partial charge on any atom is -0.464 e. The van der Waals surface area contributed by atoms with E-state index in [1.165, 1.54) is 0 Å². The van der Waals surface area contributed by atoms with E-state index in [9.17, 15) is 4.79 Å². The number of furan rings is 1. The van der Waals surface area contributed by atoms with Gasteiger partial charge in [0.25, 0.3) is 0 Å². The summed E-state index contributed by atoms with van der Waals surface area (Å²) in [6.07, 6.45) is 2.03. The first kappa shape index (κ1) is 15.1. The number of amides is 1. The Morgan fingerprint density at radius 1 is 1.44 bits per heavy atom. The molecule has 0 saturated carbocycles. The SMILES string of the molecule is COCCNC(=O)CNCc1ccc(CSC)o1. The Labute approximate surface area is 112 Å². The van der Waals surface area contributed by atoms with Crippen molar-refractivity contribution in [1.82, 2.24) is 10.6 Å². The second-order valence-corrected chi connectivity index (χ2v) is 4.61. The van der Waals surface area contributed by atoms with Crippen molar-refractivity contribution in [3.63, 3.8) is 0 Å². The van der Waals surface area contributed by atoms with Gasteiger partial charge in [0.05, 0.1) is 25.4 Å². The molecule has 0 spiro atoms. The first-order valence-electron chi connectivity index (χ1n) is 5.79. The van der Waals surface area contributed by atoms with Crippen LogP contribution in [0.3, 0.4) is 0 Å². The van der Waals surface area contributed by atoms with Crippen molar-refractivity contribution in [1.29, 1.82) is 0 Å². The van der Waals surface area contributed by atoms with Crippen LogP contribution in [0.5, 0.6) is 0 Å². The summed E-state index contributed by atoms with van der Waals surface area (Å²) >= 11 is 1.72. The van der Waals surface area contributed by atoms with Crippen molar-refractivity contribution in [3.05, 3.63) is 23.7 Å². The molecule has 6 heteroatoms. The largest absolute Gasteiger partial charge is 0.464 e. The number of rotatable bonds is 9. The van der Waals surface area contributed by atoms with Gasteiger partial charge in [0, 0.05) is 13.7 Å². The number of thioether (sulfide) groups is 1. The summed E-state index contributed by atoms with van der Waals surface area (Å²) in [5.41, 5.74) is 0. The predicted molar refractivity (Wildman–Crippen MR) is 72.5 cm³/mol. The fourth-order valence-corrected chi connectivity index (χ4v) is 1.83. The highest BCUT2D eigenvalue weighted by Gasteiger charge is 2.03. The lowest BCUT2D eigenvalue weighted by Crippen LogP contribution is -2.35. The number of ether oxygens (including phenoxy) is 1. The topological polar surface area (TPSA) is 63.5 Å². The van der Waals surface area contributed by atoms with E-state index in [4.69, 9.17) is 9.15 Å². The van der Waals surface area contributed by atoms with Crippen LogP contribution in [0.4, 0.5) is 0 Å². The Morgan fingerprint density at radius 3 is 2.94 bits per heavy atom. The molecule has 0 aromatic carbocycles. The van der Waals surface area contributed by atoms with Gasteiger partial charge in [-0.15, -0.1) is 0 Å². The molecule has 1 heterocycles. The van der Waals surface area contributed by atoms with E-state index in [2.05, 4.69) is 10.6 Å². The van der Waals surface area contributed by atoms with E-state index in [-0.39, 0.29) is 12.5 Å². The highest BCUT2D eigenvalue weighted by Crippen LogP contribution is 2.12. The highest BCUT2D eigenvalue weighted by atomic mass is 32.2. The monoisotopic (exact) mass is 272 g/mol. The molecule has 102 valence electrons. The highest BCUT2D eigenvalue weighted by molar-refractivity contribution is 7.97. The van der Waals surface area contributed by atoms with Crippen LogP contribution in [0.25, 0.3) is 0 Å². The van der Waals surface area contributed by atoms with Crippen molar-refractivity contribution in [2.75, 3.05) is 33.1 Å². The number of hydrogen-bond acceptors (Lipinski definition) is 5. The van der Waals surface area contributed by atoms with Gasteiger partial charge in [0.15, 0.2) is 0 Å². The third kappa shape index (κ3) is 6.09. The zero-order valence-corrected chi connectivity index (χ0v) is 11.6. The zero-order valence-electron chi connectivity index (χ0n) is 10.8. The average molecular weight is 272 g/mol. The summed E-state index contributed by atoms with van der Waals surface area (Å²) in [6, 6.07) is 3.90. The quantitative estimate of drug-likeness (QED) is 0.657. The lowest BCUT2D eigenvalue weighted by Gasteiger charge is -2.05. The van der Waals surface area contributed by atoms with Crippen molar-refractivity contribution in [3.8, 4) is 0 Å². The van der Waals surface area contributed by atoms with Gasteiger partial charge in [-0.1, -0.05) is 0 Å². The summed E-state index contributed by atoms with van der Waals surface area (Å²) in [5, 5.41) is 5.77. The minimum atomic E-state index is -0.0389. The summed E-state index contributed by atoms with van der Waals surface area (Å²) in [7, 11) is 1.60. The van der Waals surface area contributed by atoms with E-state index < -0.39 is 0 Å². The van der Waals surface area contributed by atoms with E-state index >= 15 is 0 Å². The average Bonchev–Trinajstić information content (AvgIpc) is 2.78. The van der Waals surface area contributed by atoms with Crippen LogP contribution in [0.2, 0.25) is 0 Å². The molecule has 1 aromatic rings. The lowest BCUT2D eigenvalue weighted by atomic mass is 10.4. The van der Waals surface area contributed by atoms with Crippen LogP contribution >= 0.6 is 11.8 Å². The molecule has 5 nitrogen and oxygen atoms in total. The fourth-order valence-electron chi connectivity index (χ4n) is 1.39. The third-order valence-corrected chi connectivity index (χ3v) is 2.79. The minimum absolute atomic E-state index is 0.0389. The van der Waals surface area contributed by atoms with E-state index in [0.717, 1.165) is 17.3 Å². The van der Waals surface area contributed by atoms with E-state index in [1.54, 1.807) is 18.9 Å². The van der Waals surface area contributed by atoms with Gasteiger partial charge in [0.1, 0.15) is 11.5 Å². The second kappa shape index (κ2) is 9.02. The van der Waals surface area contributed by atoms with Crippen molar-refractivity contribution >= 4 is 17.7 Å². The van der Waals surface area contributed by atoms with Crippen LogP contribution in [-0.2, 0) is 21.8 Å². The molecule has 1 aromatic heterocycles. The summed E-state index contributed by atoms with van der Waals surface area (Å²) < 4.78 is 10.4. The maximum atomic E-state index is 11.4. The molecule has 0 fully saturated rings. The standard InChI is InChI=1S/C12H20N2O3S/c1-16-6-5-14-12(15)8-13-7-10-3-4-11(17-10)9-18-2/h3-4,13H,5-9H2,1-2H3,(H,14,15). The number of carbonyl (C=O) groups is 1. The Balaban J connectivity index is 2.14. The molecule has 0 radical (unpaired) electrons. The molecule has 0 aliphatic heterocycles. The van der Waals surface area contributed by atoms with E-state index in [1.807, 2.05) is 18.4 Å². The van der Waals surface area contributed by atoms with Gasteiger partial charge in [0.2, 0.25) is 5.91 Å². The molecular weight excluding hydrogens is 252 g/mol. The third-order valence-electron chi connectivity index (χ3n) is 2.22. The molecule has 18 heavy (non-hydrogen) atoms. The van der Waals surface area contributed by atoms with Crippen LogP contribution in [0, 0.1) is 0 Å². The van der Waals surface area contributed by atoms with Gasteiger partial charge in [-0.25, -0.2) is 0 Å². The predicted octanol–water partition coefficient (Wildman–Crippen LogP) is 0.995. The fraction of sp³-hybridized carbons (Fsp3) is 0.583. The zero-order chi connectivity index (χ0) is 13.2. The number of methoxy groups -OCH3 is 1. The summed E-state index contributed by atoms with van der Waals surface area (Å²) in [6.45, 7) is 1.91. The molecule has 0 aliphatic rings. The summed E-state index contributed by atoms with van der Waals surface area (Å²) in [4.78, 5) is 11.4. The lowest BCUT2D eigenvalue weighted by molar-refractivity contribution is -0.120. The second-order valence-electron chi connectivity index (χ2n) is 3.75. The van der Waals surface area contributed by atoms with Gasteiger partial charge >= 0.3 is 0 Å². The molecule has 1 amide bonds. The molecule has 1 rings (SSSR count). The Bertz CT molecular complexity index is 355.